The van der Waals surface area contributed by atoms with Crippen molar-refractivity contribution >= 4 is 74.3 Å². The summed E-state index contributed by atoms with van der Waals surface area (Å²) >= 11 is 7.41. The molecule has 0 radical (unpaired) electrons. The number of anilines is 2. The van der Waals surface area contributed by atoms with E-state index in [1.54, 1.807) is 16.4 Å². The third-order valence-electron chi connectivity index (χ3n) is 4.28. The highest BCUT2D eigenvalue weighted by Crippen LogP contribution is 2.35. The SMILES string of the molecule is CC(=O)N(c1nc(/C=C2/SC(=S)N(CC(=O)O)C2=O)cs1)c1cccc(C)c1C. The molecule has 2 aromatic rings. The fourth-order valence-corrected chi connectivity index (χ4v) is 4.81. The van der Waals surface area contributed by atoms with E-state index in [2.05, 4.69) is 4.98 Å². The third-order valence-corrected chi connectivity index (χ3v) is 6.50. The first kappa shape index (κ1) is 21.2. The van der Waals surface area contributed by atoms with E-state index in [0.29, 0.717) is 15.7 Å². The highest BCUT2D eigenvalue weighted by molar-refractivity contribution is 8.26. The van der Waals surface area contributed by atoms with Crippen molar-refractivity contribution in [3.63, 3.8) is 0 Å². The number of carbonyl (C=O) groups is 3. The number of carboxylic acids is 1. The highest BCUT2D eigenvalue weighted by Gasteiger charge is 2.33. The normalized spacial score (nSPS) is 15.3. The Hall–Kier alpha value is -2.56. The first-order valence-electron chi connectivity index (χ1n) is 8.48. The summed E-state index contributed by atoms with van der Waals surface area (Å²) < 4.78 is 0.194. The molecule has 1 saturated heterocycles. The van der Waals surface area contributed by atoms with Crippen LogP contribution in [0.15, 0.2) is 28.5 Å². The van der Waals surface area contributed by atoms with Crippen LogP contribution < -0.4 is 4.90 Å². The van der Waals surface area contributed by atoms with Crippen LogP contribution in [0.3, 0.4) is 0 Å². The zero-order valence-corrected chi connectivity index (χ0v) is 18.3. The molecule has 0 aliphatic carbocycles. The van der Waals surface area contributed by atoms with Gasteiger partial charge >= 0.3 is 5.97 Å². The molecule has 3 rings (SSSR count). The molecule has 0 unspecified atom stereocenters. The van der Waals surface area contributed by atoms with Crippen molar-refractivity contribution in [3.8, 4) is 0 Å². The number of amides is 2. The lowest BCUT2D eigenvalue weighted by Crippen LogP contribution is -2.33. The summed E-state index contributed by atoms with van der Waals surface area (Å²) in [6.07, 6.45) is 1.56. The molecule has 1 aromatic heterocycles. The van der Waals surface area contributed by atoms with E-state index in [0.717, 1.165) is 33.5 Å². The van der Waals surface area contributed by atoms with Crippen LogP contribution in [0.25, 0.3) is 6.08 Å². The Morgan fingerprint density at radius 1 is 1.34 bits per heavy atom. The molecule has 0 saturated carbocycles. The molecule has 2 heterocycles. The first-order chi connectivity index (χ1) is 13.7. The van der Waals surface area contributed by atoms with Crippen LogP contribution in [0.2, 0.25) is 0 Å². The van der Waals surface area contributed by atoms with Gasteiger partial charge in [-0.05, 0) is 37.1 Å². The molecule has 0 spiro atoms. The van der Waals surface area contributed by atoms with E-state index < -0.39 is 18.4 Å². The van der Waals surface area contributed by atoms with Gasteiger partial charge in [0.05, 0.1) is 16.3 Å². The topological polar surface area (TPSA) is 90.8 Å². The smallest absolute Gasteiger partial charge is 0.323 e. The average Bonchev–Trinajstić information content (AvgIpc) is 3.19. The summed E-state index contributed by atoms with van der Waals surface area (Å²) in [6.45, 7) is 4.92. The van der Waals surface area contributed by atoms with Gasteiger partial charge in [-0.2, -0.15) is 0 Å². The van der Waals surface area contributed by atoms with Crippen LogP contribution in [0.4, 0.5) is 10.8 Å². The Kier molecular flexibility index (Phi) is 6.15. The lowest BCUT2D eigenvalue weighted by molar-refractivity contribution is -0.140. The minimum absolute atomic E-state index is 0.174. The number of carboxylic acid groups (broad SMARTS) is 1. The van der Waals surface area contributed by atoms with Crippen molar-refractivity contribution in [1.82, 2.24) is 9.88 Å². The van der Waals surface area contributed by atoms with Gasteiger partial charge in [-0.25, -0.2) is 4.98 Å². The standard InChI is InChI=1S/C19H17N3O4S3/c1-10-5-4-6-14(11(10)2)22(12(3)23)18-20-13(9-28-18)7-15-17(26)21(8-16(24)25)19(27)29-15/h4-7,9H,8H2,1-3H3,(H,24,25)/b15-7+. The minimum atomic E-state index is -1.14. The second-order valence-electron chi connectivity index (χ2n) is 6.29. The number of carbonyl (C=O) groups excluding carboxylic acids is 2. The molecule has 0 bridgehead atoms. The second kappa shape index (κ2) is 8.44. The van der Waals surface area contributed by atoms with Gasteiger partial charge in [0.15, 0.2) is 5.13 Å². The zero-order chi connectivity index (χ0) is 21.3. The maximum Gasteiger partial charge on any atom is 0.323 e. The number of hydrogen-bond donors (Lipinski definition) is 1. The van der Waals surface area contributed by atoms with Crippen molar-refractivity contribution in [2.75, 3.05) is 11.4 Å². The van der Waals surface area contributed by atoms with Gasteiger partial charge in [0.25, 0.3) is 5.91 Å². The molecule has 1 N–H and O–H groups in total. The number of benzene rings is 1. The number of thioether (sulfide) groups is 1. The lowest BCUT2D eigenvalue weighted by atomic mass is 10.1. The Balaban J connectivity index is 1.92. The number of aliphatic carboxylic acids is 1. The van der Waals surface area contributed by atoms with Gasteiger partial charge in [-0.1, -0.05) is 36.1 Å². The number of thiocarbonyl (C=S) groups is 1. The number of hydrogen-bond acceptors (Lipinski definition) is 7. The summed E-state index contributed by atoms with van der Waals surface area (Å²) in [6, 6.07) is 5.72. The van der Waals surface area contributed by atoms with Crippen molar-refractivity contribution in [3.05, 3.63) is 45.3 Å². The summed E-state index contributed by atoms with van der Waals surface area (Å²) in [5.74, 6) is -1.77. The van der Waals surface area contributed by atoms with Gasteiger partial charge in [0.1, 0.15) is 10.9 Å². The van der Waals surface area contributed by atoms with Crippen molar-refractivity contribution in [1.29, 1.82) is 0 Å². The maximum absolute atomic E-state index is 12.4. The molecule has 1 aliphatic rings. The van der Waals surface area contributed by atoms with E-state index in [1.807, 2.05) is 32.0 Å². The average molecular weight is 448 g/mol. The molecule has 1 fully saturated rings. The molecule has 10 heteroatoms. The number of aryl methyl sites for hydroxylation is 1. The number of rotatable bonds is 5. The van der Waals surface area contributed by atoms with Crippen LogP contribution in [0.5, 0.6) is 0 Å². The molecule has 0 atom stereocenters. The van der Waals surface area contributed by atoms with Crippen molar-refractivity contribution < 1.29 is 19.5 Å². The fourth-order valence-electron chi connectivity index (χ4n) is 2.74. The molecule has 1 aromatic carbocycles. The largest absolute Gasteiger partial charge is 0.480 e. The minimum Gasteiger partial charge on any atom is -0.480 e. The van der Waals surface area contributed by atoms with E-state index in [4.69, 9.17) is 17.3 Å². The maximum atomic E-state index is 12.4. The van der Waals surface area contributed by atoms with Crippen LogP contribution in [0.1, 0.15) is 23.7 Å². The summed E-state index contributed by atoms with van der Waals surface area (Å²) in [5, 5.41) is 11.1. The summed E-state index contributed by atoms with van der Waals surface area (Å²) in [7, 11) is 0. The monoisotopic (exact) mass is 447 g/mol. The van der Waals surface area contributed by atoms with E-state index in [1.165, 1.54) is 18.3 Å². The Morgan fingerprint density at radius 3 is 2.72 bits per heavy atom. The van der Waals surface area contributed by atoms with E-state index in [9.17, 15) is 14.4 Å². The molecule has 150 valence electrons. The third kappa shape index (κ3) is 4.39. The summed E-state index contributed by atoms with van der Waals surface area (Å²) in [4.78, 5) is 43.0. The van der Waals surface area contributed by atoms with Gasteiger partial charge in [0, 0.05) is 12.3 Å². The summed E-state index contributed by atoms with van der Waals surface area (Å²) in [5.41, 5.74) is 3.30. The molecular weight excluding hydrogens is 430 g/mol. The number of nitrogens with zero attached hydrogens (tertiary/aromatic N) is 3. The second-order valence-corrected chi connectivity index (χ2v) is 8.80. The zero-order valence-electron chi connectivity index (χ0n) is 15.8. The van der Waals surface area contributed by atoms with E-state index >= 15 is 0 Å². The number of thiazole rings is 1. The molecule has 1 aliphatic heterocycles. The Morgan fingerprint density at radius 2 is 2.07 bits per heavy atom. The lowest BCUT2D eigenvalue weighted by Gasteiger charge is -2.21. The fraction of sp³-hybridized carbons (Fsp3) is 0.211. The molecule has 29 heavy (non-hydrogen) atoms. The predicted molar refractivity (Wildman–Crippen MR) is 118 cm³/mol. The Labute approximate surface area is 181 Å². The van der Waals surface area contributed by atoms with E-state index in [-0.39, 0.29) is 10.2 Å². The van der Waals surface area contributed by atoms with Crippen molar-refractivity contribution in [2.45, 2.75) is 20.8 Å². The van der Waals surface area contributed by atoms with Gasteiger partial charge in [-0.15, -0.1) is 11.3 Å². The van der Waals surface area contributed by atoms with Gasteiger partial charge in [0.2, 0.25) is 5.91 Å². The Bertz CT molecular complexity index is 1060. The van der Waals surface area contributed by atoms with Crippen LogP contribution in [-0.4, -0.2) is 43.6 Å². The quantitative estimate of drug-likeness (QED) is 0.552. The molecule has 2 amide bonds. The van der Waals surface area contributed by atoms with Crippen molar-refractivity contribution in [2.24, 2.45) is 0 Å². The molecular formula is C19H17N3O4S3. The van der Waals surface area contributed by atoms with Gasteiger partial charge < -0.3 is 5.11 Å². The molecule has 7 nitrogen and oxygen atoms in total. The van der Waals surface area contributed by atoms with Gasteiger partial charge in [-0.3, -0.25) is 24.2 Å². The first-order valence-corrected chi connectivity index (χ1v) is 10.6. The predicted octanol–water partition coefficient (Wildman–Crippen LogP) is 3.73. The van der Waals surface area contributed by atoms with Crippen LogP contribution in [0, 0.1) is 13.8 Å². The van der Waals surface area contributed by atoms with Crippen LogP contribution in [-0.2, 0) is 14.4 Å². The highest BCUT2D eigenvalue weighted by atomic mass is 32.2. The van der Waals surface area contributed by atoms with Crippen LogP contribution >= 0.6 is 35.3 Å². The number of aromatic nitrogens is 1.